The molecule has 0 atom stereocenters. The zero-order valence-corrected chi connectivity index (χ0v) is 10.5. The summed E-state index contributed by atoms with van der Waals surface area (Å²) in [6.45, 7) is 1.51. The molecule has 1 aromatic heterocycles. The highest BCUT2D eigenvalue weighted by Gasteiger charge is 1.99. The molecule has 1 heterocycles. The molecule has 0 radical (unpaired) electrons. The molecule has 90 valence electrons. The number of H-pyrrole nitrogens is 1. The summed E-state index contributed by atoms with van der Waals surface area (Å²) < 4.78 is 0. The number of hydrogen-bond donors (Lipinski definition) is 1. The van der Waals surface area contributed by atoms with Crippen LogP contribution in [0.3, 0.4) is 0 Å². The lowest BCUT2D eigenvalue weighted by molar-refractivity contribution is -0.109. The van der Waals surface area contributed by atoms with E-state index in [0.29, 0.717) is 16.7 Å². The highest BCUT2D eigenvalue weighted by atomic mass is 32.2. The van der Waals surface area contributed by atoms with Gasteiger partial charge in [0.2, 0.25) is 0 Å². The van der Waals surface area contributed by atoms with Gasteiger partial charge in [0.25, 0.3) is 5.56 Å². The zero-order valence-electron chi connectivity index (χ0n) is 9.69. The second kappa shape index (κ2) is 5.52. The fraction of sp³-hybridized carbons (Fsp3) is 0.154. The van der Waals surface area contributed by atoms with Crippen molar-refractivity contribution in [1.29, 1.82) is 0 Å². The number of aromatic nitrogens is 2. The van der Waals surface area contributed by atoms with Gasteiger partial charge in [0.05, 0.1) is 23.0 Å². The number of thioether (sulfide) groups is 1. The average molecular weight is 258 g/mol. The van der Waals surface area contributed by atoms with E-state index in [-0.39, 0.29) is 10.7 Å². The van der Waals surface area contributed by atoms with Gasteiger partial charge in [-0.25, -0.2) is 4.98 Å². The molecular formula is C13H10N2O2S. The molecule has 2 rings (SSSR count). The van der Waals surface area contributed by atoms with Crippen LogP contribution < -0.4 is 5.56 Å². The van der Waals surface area contributed by atoms with Crippen molar-refractivity contribution in [2.45, 2.75) is 6.92 Å². The number of benzene rings is 1. The van der Waals surface area contributed by atoms with Crippen LogP contribution in [0.15, 0.2) is 29.3 Å². The summed E-state index contributed by atoms with van der Waals surface area (Å²) in [5, 5.41) is 0.562. The van der Waals surface area contributed by atoms with Crippen molar-refractivity contribution in [3.05, 3.63) is 40.4 Å². The van der Waals surface area contributed by atoms with Crippen LogP contribution in [0, 0.1) is 11.8 Å². The maximum Gasteiger partial charge on any atom is 0.258 e. The lowest BCUT2D eigenvalue weighted by Crippen LogP contribution is -2.06. The van der Waals surface area contributed by atoms with E-state index in [0.717, 1.165) is 17.3 Å². The van der Waals surface area contributed by atoms with Crippen molar-refractivity contribution in [1.82, 2.24) is 9.97 Å². The van der Waals surface area contributed by atoms with E-state index in [1.807, 2.05) is 0 Å². The van der Waals surface area contributed by atoms with E-state index in [2.05, 4.69) is 21.8 Å². The lowest BCUT2D eigenvalue weighted by atomic mass is 10.1. The number of carbonyl (C=O) groups excluding carboxylic acids is 1. The van der Waals surface area contributed by atoms with Gasteiger partial charge in [-0.05, 0) is 18.2 Å². The number of rotatable bonds is 1. The van der Waals surface area contributed by atoms with Gasteiger partial charge in [-0.3, -0.25) is 9.59 Å². The topological polar surface area (TPSA) is 62.8 Å². The summed E-state index contributed by atoms with van der Waals surface area (Å²) in [4.78, 5) is 28.8. The molecule has 1 aromatic carbocycles. The first-order chi connectivity index (χ1) is 8.66. The Labute approximate surface area is 108 Å². The smallest absolute Gasteiger partial charge is 0.258 e. The largest absolute Gasteiger partial charge is 0.313 e. The van der Waals surface area contributed by atoms with Crippen LogP contribution in [0.4, 0.5) is 0 Å². The van der Waals surface area contributed by atoms with Crippen LogP contribution in [0.1, 0.15) is 12.5 Å². The summed E-state index contributed by atoms with van der Waals surface area (Å²) in [6.07, 6.45) is 1.37. The molecule has 0 bridgehead atoms. The van der Waals surface area contributed by atoms with Gasteiger partial charge < -0.3 is 4.98 Å². The number of carbonyl (C=O) groups is 1. The van der Waals surface area contributed by atoms with Crippen molar-refractivity contribution < 1.29 is 4.79 Å². The number of fused-ring (bicyclic) bond motifs is 1. The summed E-state index contributed by atoms with van der Waals surface area (Å²) in [6, 6.07) is 5.26. The van der Waals surface area contributed by atoms with E-state index in [1.165, 1.54) is 13.3 Å². The third-order valence-electron chi connectivity index (χ3n) is 2.22. The molecule has 0 saturated heterocycles. The fourth-order valence-corrected chi connectivity index (χ4v) is 1.77. The van der Waals surface area contributed by atoms with E-state index in [4.69, 9.17) is 0 Å². The highest BCUT2D eigenvalue weighted by Crippen LogP contribution is 2.08. The van der Waals surface area contributed by atoms with Gasteiger partial charge in [-0.1, -0.05) is 23.6 Å². The van der Waals surface area contributed by atoms with Gasteiger partial charge in [-0.15, -0.1) is 0 Å². The quantitative estimate of drug-likeness (QED) is 0.788. The maximum absolute atomic E-state index is 11.6. The van der Waals surface area contributed by atoms with Gasteiger partial charge >= 0.3 is 0 Å². The zero-order chi connectivity index (χ0) is 13.0. The molecule has 0 spiro atoms. The van der Waals surface area contributed by atoms with Crippen LogP contribution in [0.5, 0.6) is 0 Å². The Morgan fingerprint density at radius 1 is 1.50 bits per heavy atom. The lowest BCUT2D eigenvalue weighted by Gasteiger charge is -1.95. The molecule has 0 fully saturated rings. The first-order valence-corrected chi connectivity index (χ1v) is 6.25. The van der Waals surface area contributed by atoms with Crippen LogP contribution in [-0.2, 0) is 4.79 Å². The van der Waals surface area contributed by atoms with Gasteiger partial charge in [0.15, 0.2) is 5.12 Å². The Morgan fingerprint density at radius 3 is 3.11 bits per heavy atom. The first kappa shape index (κ1) is 12.4. The minimum absolute atomic E-state index is 0.0449. The van der Waals surface area contributed by atoms with Crippen LogP contribution in [0.25, 0.3) is 10.9 Å². The fourth-order valence-electron chi connectivity index (χ4n) is 1.42. The number of nitrogens with zero attached hydrogens (tertiary/aromatic N) is 1. The molecule has 5 heteroatoms. The van der Waals surface area contributed by atoms with E-state index in [9.17, 15) is 9.59 Å². The van der Waals surface area contributed by atoms with Crippen molar-refractivity contribution in [3.63, 3.8) is 0 Å². The SMILES string of the molecule is CC(=O)SCC#Cc1ccc2nc[nH]c(=O)c2c1. The van der Waals surface area contributed by atoms with E-state index < -0.39 is 0 Å². The molecule has 0 aliphatic rings. The van der Waals surface area contributed by atoms with Crippen molar-refractivity contribution in [3.8, 4) is 11.8 Å². The number of aromatic amines is 1. The summed E-state index contributed by atoms with van der Waals surface area (Å²) >= 11 is 1.16. The standard InChI is InChI=1S/C13H10N2O2S/c1-9(16)18-6-2-3-10-4-5-12-11(7-10)13(17)15-8-14-12/h4-5,7-8H,6H2,1H3,(H,14,15,17). The normalized spacial score (nSPS) is 9.83. The van der Waals surface area contributed by atoms with Crippen LogP contribution in [-0.4, -0.2) is 20.8 Å². The molecule has 18 heavy (non-hydrogen) atoms. The van der Waals surface area contributed by atoms with Gasteiger partial charge in [0, 0.05) is 12.5 Å². The molecular weight excluding hydrogens is 248 g/mol. The Kier molecular flexibility index (Phi) is 3.80. The first-order valence-electron chi connectivity index (χ1n) is 5.26. The Balaban J connectivity index is 2.27. The second-order valence-corrected chi connectivity index (χ2v) is 4.70. The van der Waals surface area contributed by atoms with Crippen LogP contribution >= 0.6 is 11.8 Å². The average Bonchev–Trinajstić information content (AvgIpc) is 2.35. The molecule has 0 amide bonds. The minimum Gasteiger partial charge on any atom is -0.313 e. The van der Waals surface area contributed by atoms with E-state index >= 15 is 0 Å². The molecule has 1 N–H and O–H groups in total. The number of nitrogens with one attached hydrogen (secondary N) is 1. The highest BCUT2D eigenvalue weighted by molar-refractivity contribution is 8.13. The minimum atomic E-state index is -0.179. The third kappa shape index (κ3) is 2.99. The van der Waals surface area contributed by atoms with E-state index in [1.54, 1.807) is 18.2 Å². The summed E-state index contributed by atoms with van der Waals surface area (Å²) in [5.41, 5.74) is 1.20. The third-order valence-corrected chi connectivity index (χ3v) is 2.92. The van der Waals surface area contributed by atoms with Crippen molar-refractivity contribution >= 4 is 27.8 Å². The van der Waals surface area contributed by atoms with Crippen LogP contribution in [0.2, 0.25) is 0 Å². The molecule has 0 unspecified atom stereocenters. The molecule has 4 nitrogen and oxygen atoms in total. The Morgan fingerprint density at radius 2 is 2.33 bits per heavy atom. The number of hydrogen-bond acceptors (Lipinski definition) is 4. The Bertz CT molecular complexity index is 710. The monoisotopic (exact) mass is 258 g/mol. The maximum atomic E-state index is 11.6. The molecule has 0 aliphatic carbocycles. The predicted octanol–water partition coefficient (Wildman–Crippen LogP) is 1.55. The molecule has 2 aromatic rings. The predicted molar refractivity (Wildman–Crippen MR) is 72.4 cm³/mol. The van der Waals surface area contributed by atoms with Crippen molar-refractivity contribution in [2.75, 3.05) is 5.75 Å². The molecule has 0 aliphatic heterocycles. The van der Waals surface area contributed by atoms with Gasteiger partial charge in [0.1, 0.15) is 0 Å². The van der Waals surface area contributed by atoms with Gasteiger partial charge in [-0.2, -0.15) is 0 Å². The second-order valence-electron chi connectivity index (χ2n) is 3.55. The Hall–Kier alpha value is -2.06. The molecule has 0 saturated carbocycles. The summed E-state index contributed by atoms with van der Waals surface area (Å²) in [5.74, 6) is 6.25. The summed E-state index contributed by atoms with van der Waals surface area (Å²) in [7, 11) is 0. The van der Waals surface area contributed by atoms with Crippen molar-refractivity contribution in [2.24, 2.45) is 0 Å².